The van der Waals surface area contributed by atoms with Crippen molar-refractivity contribution in [1.82, 2.24) is 10.2 Å². The second-order valence-corrected chi connectivity index (χ2v) is 5.19. The van der Waals surface area contributed by atoms with Crippen LogP contribution in [0.5, 0.6) is 0 Å². The molecule has 0 aromatic rings. The molecule has 2 fully saturated rings. The lowest BCUT2D eigenvalue weighted by Crippen LogP contribution is -2.38. The maximum Gasteiger partial charge on any atom is 0.0104 e. The number of rotatable bonds is 4. The molecule has 0 bridgehead atoms. The van der Waals surface area contributed by atoms with E-state index in [2.05, 4.69) is 24.2 Å². The van der Waals surface area contributed by atoms with Crippen LogP contribution in [0.3, 0.4) is 0 Å². The van der Waals surface area contributed by atoms with Crippen molar-refractivity contribution in [3.8, 4) is 0 Å². The zero-order valence-corrected chi connectivity index (χ0v) is 9.63. The first-order chi connectivity index (χ1) is 6.77. The van der Waals surface area contributed by atoms with Crippen molar-refractivity contribution in [2.45, 2.75) is 51.1 Å². The first-order valence-electron chi connectivity index (χ1n) is 6.21. The van der Waals surface area contributed by atoms with Gasteiger partial charge in [0, 0.05) is 12.1 Å². The lowest BCUT2D eigenvalue weighted by Gasteiger charge is -2.32. The molecule has 0 radical (unpaired) electrons. The molecule has 0 amide bonds. The van der Waals surface area contributed by atoms with Gasteiger partial charge in [-0.15, -0.1) is 0 Å². The van der Waals surface area contributed by atoms with Gasteiger partial charge >= 0.3 is 0 Å². The highest BCUT2D eigenvalue weighted by Gasteiger charge is 2.31. The first kappa shape index (κ1) is 10.4. The molecular formula is C12H24N2. The molecule has 0 spiro atoms. The summed E-state index contributed by atoms with van der Waals surface area (Å²) in [5.41, 5.74) is 0. The summed E-state index contributed by atoms with van der Waals surface area (Å²) in [6.07, 6.45) is 7.01. The Morgan fingerprint density at radius 3 is 2.79 bits per heavy atom. The van der Waals surface area contributed by atoms with E-state index in [4.69, 9.17) is 0 Å². The van der Waals surface area contributed by atoms with E-state index in [-0.39, 0.29) is 0 Å². The minimum atomic E-state index is 0.851. The average Bonchev–Trinajstić information content (AvgIpc) is 2.86. The third kappa shape index (κ3) is 2.71. The Hall–Kier alpha value is -0.0800. The molecule has 3 atom stereocenters. The third-order valence-corrected chi connectivity index (χ3v) is 3.92. The summed E-state index contributed by atoms with van der Waals surface area (Å²) in [5.74, 6) is 0.944. The Bertz CT molecular complexity index is 181. The molecule has 0 aromatic heterocycles. The molecule has 1 saturated carbocycles. The van der Waals surface area contributed by atoms with E-state index < -0.39 is 0 Å². The van der Waals surface area contributed by atoms with Crippen molar-refractivity contribution in [2.24, 2.45) is 5.92 Å². The number of nitrogens with zero attached hydrogens (tertiary/aromatic N) is 1. The predicted molar refractivity (Wildman–Crippen MR) is 60.5 cm³/mol. The third-order valence-electron chi connectivity index (χ3n) is 3.92. The number of piperidine rings is 1. The van der Waals surface area contributed by atoms with Crippen LogP contribution in [0.4, 0.5) is 0 Å². The average molecular weight is 196 g/mol. The molecule has 1 N–H and O–H groups in total. The van der Waals surface area contributed by atoms with E-state index in [1.54, 1.807) is 0 Å². The van der Waals surface area contributed by atoms with Crippen LogP contribution >= 0.6 is 0 Å². The van der Waals surface area contributed by atoms with Gasteiger partial charge in [0.15, 0.2) is 0 Å². The Morgan fingerprint density at radius 2 is 2.14 bits per heavy atom. The quantitative estimate of drug-likeness (QED) is 0.738. The summed E-state index contributed by atoms with van der Waals surface area (Å²) >= 11 is 0. The Labute approximate surface area is 88.1 Å². The number of hydrogen-bond acceptors (Lipinski definition) is 2. The van der Waals surface area contributed by atoms with Gasteiger partial charge in [-0.2, -0.15) is 0 Å². The highest BCUT2D eigenvalue weighted by molar-refractivity contribution is 4.89. The molecule has 1 aliphatic heterocycles. The van der Waals surface area contributed by atoms with Gasteiger partial charge in [0.1, 0.15) is 0 Å². The van der Waals surface area contributed by atoms with Gasteiger partial charge < -0.3 is 10.2 Å². The Morgan fingerprint density at radius 1 is 1.36 bits per heavy atom. The van der Waals surface area contributed by atoms with E-state index in [0.717, 1.165) is 18.0 Å². The van der Waals surface area contributed by atoms with Crippen molar-refractivity contribution >= 4 is 0 Å². The van der Waals surface area contributed by atoms with Gasteiger partial charge in [0.25, 0.3) is 0 Å². The largest absolute Gasteiger partial charge is 0.314 e. The fourth-order valence-electron chi connectivity index (χ4n) is 2.55. The van der Waals surface area contributed by atoms with Gasteiger partial charge in [-0.1, -0.05) is 13.3 Å². The molecule has 14 heavy (non-hydrogen) atoms. The van der Waals surface area contributed by atoms with E-state index in [1.165, 1.54) is 45.2 Å². The topological polar surface area (TPSA) is 15.3 Å². The van der Waals surface area contributed by atoms with Gasteiger partial charge in [-0.25, -0.2) is 0 Å². The predicted octanol–water partition coefficient (Wildman–Crippen LogP) is 1.86. The van der Waals surface area contributed by atoms with E-state index >= 15 is 0 Å². The second-order valence-electron chi connectivity index (χ2n) is 5.19. The van der Waals surface area contributed by atoms with E-state index in [1.807, 2.05) is 0 Å². The van der Waals surface area contributed by atoms with Crippen molar-refractivity contribution in [1.29, 1.82) is 0 Å². The molecule has 3 unspecified atom stereocenters. The van der Waals surface area contributed by atoms with Crippen molar-refractivity contribution in [3.63, 3.8) is 0 Å². The SMILES string of the molecule is CC1CC1NCCC1CCCCN1C. The summed E-state index contributed by atoms with van der Waals surface area (Å²) in [6, 6.07) is 1.70. The summed E-state index contributed by atoms with van der Waals surface area (Å²) in [5, 5.41) is 3.65. The van der Waals surface area contributed by atoms with Crippen LogP contribution in [0.2, 0.25) is 0 Å². The molecule has 2 nitrogen and oxygen atoms in total. The molecule has 82 valence electrons. The summed E-state index contributed by atoms with van der Waals surface area (Å²) in [4.78, 5) is 2.54. The Kier molecular flexibility index (Phi) is 3.45. The van der Waals surface area contributed by atoms with Crippen molar-refractivity contribution in [2.75, 3.05) is 20.1 Å². The summed E-state index contributed by atoms with van der Waals surface area (Å²) in [6.45, 7) is 4.87. The fourth-order valence-corrected chi connectivity index (χ4v) is 2.55. The maximum atomic E-state index is 3.65. The molecule has 1 heterocycles. The molecule has 1 aliphatic carbocycles. The lowest BCUT2D eigenvalue weighted by atomic mass is 10.0. The van der Waals surface area contributed by atoms with Gasteiger partial charge in [0.05, 0.1) is 0 Å². The van der Waals surface area contributed by atoms with Crippen LogP contribution in [0, 0.1) is 5.92 Å². The highest BCUT2D eigenvalue weighted by atomic mass is 15.1. The first-order valence-corrected chi connectivity index (χ1v) is 6.21. The Balaban J connectivity index is 1.59. The fraction of sp³-hybridized carbons (Fsp3) is 1.00. The molecule has 1 saturated heterocycles. The normalized spacial score (nSPS) is 38.6. The number of hydrogen-bond donors (Lipinski definition) is 1. The van der Waals surface area contributed by atoms with Gasteiger partial charge in [0.2, 0.25) is 0 Å². The smallest absolute Gasteiger partial charge is 0.0104 e. The summed E-state index contributed by atoms with van der Waals surface area (Å²) in [7, 11) is 2.28. The number of likely N-dealkylation sites (tertiary alicyclic amines) is 1. The van der Waals surface area contributed by atoms with Crippen LogP contribution < -0.4 is 5.32 Å². The minimum absolute atomic E-state index is 0.851. The zero-order chi connectivity index (χ0) is 9.97. The molecule has 2 heteroatoms. The van der Waals surface area contributed by atoms with Gasteiger partial charge in [-0.05, 0) is 51.7 Å². The van der Waals surface area contributed by atoms with Crippen LogP contribution in [0.25, 0.3) is 0 Å². The van der Waals surface area contributed by atoms with E-state index in [0.29, 0.717) is 0 Å². The molecule has 2 aliphatic rings. The molecule has 0 aromatic carbocycles. The van der Waals surface area contributed by atoms with Crippen molar-refractivity contribution < 1.29 is 0 Å². The van der Waals surface area contributed by atoms with Gasteiger partial charge in [-0.3, -0.25) is 0 Å². The zero-order valence-electron chi connectivity index (χ0n) is 9.63. The van der Waals surface area contributed by atoms with Crippen LogP contribution in [0.15, 0.2) is 0 Å². The second kappa shape index (κ2) is 4.63. The minimum Gasteiger partial charge on any atom is -0.314 e. The van der Waals surface area contributed by atoms with Crippen molar-refractivity contribution in [3.05, 3.63) is 0 Å². The maximum absolute atomic E-state index is 3.65. The van der Waals surface area contributed by atoms with Crippen LogP contribution in [-0.2, 0) is 0 Å². The van der Waals surface area contributed by atoms with Crippen LogP contribution in [-0.4, -0.2) is 37.1 Å². The lowest BCUT2D eigenvalue weighted by molar-refractivity contribution is 0.175. The number of nitrogens with one attached hydrogen (secondary N) is 1. The highest BCUT2D eigenvalue weighted by Crippen LogP contribution is 2.29. The van der Waals surface area contributed by atoms with E-state index in [9.17, 15) is 0 Å². The molecule has 2 rings (SSSR count). The van der Waals surface area contributed by atoms with Crippen LogP contribution in [0.1, 0.15) is 39.0 Å². The summed E-state index contributed by atoms with van der Waals surface area (Å²) < 4.78 is 0. The molecular weight excluding hydrogens is 172 g/mol. The standard InChI is InChI=1S/C12H24N2/c1-10-9-12(10)13-7-6-11-5-3-4-8-14(11)2/h10-13H,3-9H2,1-2H3. The monoisotopic (exact) mass is 196 g/mol.